The van der Waals surface area contributed by atoms with Crippen molar-refractivity contribution < 1.29 is 9.47 Å². The maximum absolute atomic E-state index is 6.08. The van der Waals surface area contributed by atoms with Crippen LogP contribution in [0.3, 0.4) is 0 Å². The van der Waals surface area contributed by atoms with Gasteiger partial charge in [-0.3, -0.25) is 0 Å². The maximum Gasteiger partial charge on any atom is 0.161 e. The van der Waals surface area contributed by atoms with Crippen molar-refractivity contribution in [3.63, 3.8) is 0 Å². The normalized spacial score (nSPS) is 16.7. The second-order valence-electron chi connectivity index (χ2n) is 6.64. The van der Waals surface area contributed by atoms with E-state index >= 15 is 0 Å². The molecule has 0 saturated heterocycles. The lowest BCUT2D eigenvalue weighted by atomic mass is 9.93. The Hall–Kier alpha value is -2.98. The SMILES string of the molecule is C=CCOc1ccccc1OCC1CC(c2cccc3[nH]ccc23)=CCN1. The molecular weight excluding hydrogens is 336 g/mol. The topological polar surface area (TPSA) is 46.3 Å². The number of rotatable bonds is 7. The Morgan fingerprint density at radius 2 is 1.89 bits per heavy atom. The molecule has 1 aliphatic heterocycles. The van der Waals surface area contributed by atoms with E-state index in [-0.39, 0.29) is 6.04 Å². The second kappa shape index (κ2) is 8.14. The largest absolute Gasteiger partial charge is 0.488 e. The summed E-state index contributed by atoms with van der Waals surface area (Å²) in [7, 11) is 0. The average molecular weight is 360 g/mol. The molecule has 2 aromatic carbocycles. The van der Waals surface area contributed by atoms with Crippen LogP contribution < -0.4 is 14.8 Å². The highest BCUT2D eigenvalue weighted by molar-refractivity contribution is 5.92. The quantitative estimate of drug-likeness (QED) is 0.607. The molecule has 4 heteroatoms. The third-order valence-corrected chi connectivity index (χ3v) is 4.81. The Labute approximate surface area is 159 Å². The molecule has 1 aliphatic rings. The van der Waals surface area contributed by atoms with E-state index in [1.807, 2.05) is 30.5 Å². The molecule has 0 spiro atoms. The monoisotopic (exact) mass is 360 g/mol. The van der Waals surface area contributed by atoms with Gasteiger partial charge < -0.3 is 19.8 Å². The molecule has 0 radical (unpaired) electrons. The van der Waals surface area contributed by atoms with Gasteiger partial charge in [-0.1, -0.05) is 43.0 Å². The Bertz CT molecular complexity index is 958. The fourth-order valence-corrected chi connectivity index (χ4v) is 3.50. The van der Waals surface area contributed by atoms with Gasteiger partial charge >= 0.3 is 0 Å². The first-order valence-electron chi connectivity index (χ1n) is 9.29. The maximum atomic E-state index is 6.08. The number of benzene rings is 2. The summed E-state index contributed by atoms with van der Waals surface area (Å²) in [5, 5.41) is 4.80. The summed E-state index contributed by atoms with van der Waals surface area (Å²) in [6, 6.07) is 16.6. The number of fused-ring (bicyclic) bond motifs is 1. The third-order valence-electron chi connectivity index (χ3n) is 4.81. The minimum absolute atomic E-state index is 0.256. The highest BCUT2D eigenvalue weighted by atomic mass is 16.5. The lowest BCUT2D eigenvalue weighted by molar-refractivity contribution is 0.249. The molecule has 0 amide bonds. The fourth-order valence-electron chi connectivity index (χ4n) is 3.50. The summed E-state index contributed by atoms with van der Waals surface area (Å²) in [5.74, 6) is 1.52. The molecule has 4 rings (SSSR count). The van der Waals surface area contributed by atoms with Gasteiger partial charge in [0.2, 0.25) is 0 Å². The van der Waals surface area contributed by atoms with Gasteiger partial charge in [0.1, 0.15) is 13.2 Å². The molecule has 1 unspecified atom stereocenters. The van der Waals surface area contributed by atoms with Crippen LogP contribution in [0.2, 0.25) is 0 Å². The lowest BCUT2D eigenvalue weighted by Crippen LogP contribution is -2.37. The predicted molar refractivity (Wildman–Crippen MR) is 110 cm³/mol. The van der Waals surface area contributed by atoms with Gasteiger partial charge in [-0.25, -0.2) is 0 Å². The van der Waals surface area contributed by atoms with E-state index < -0.39 is 0 Å². The molecule has 1 atom stereocenters. The highest BCUT2D eigenvalue weighted by Gasteiger charge is 2.19. The predicted octanol–water partition coefficient (Wildman–Crippen LogP) is 4.56. The zero-order chi connectivity index (χ0) is 18.5. The first-order chi connectivity index (χ1) is 13.3. The van der Waals surface area contributed by atoms with Gasteiger partial charge in [0.25, 0.3) is 0 Å². The molecule has 27 heavy (non-hydrogen) atoms. The Kier molecular flexibility index (Phi) is 5.26. The van der Waals surface area contributed by atoms with Crippen molar-refractivity contribution in [1.82, 2.24) is 10.3 Å². The van der Waals surface area contributed by atoms with E-state index in [1.54, 1.807) is 6.08 Å². The van der Waals surface area contributed by atoms with Gasteiger partial charge in [0.15, 0.2) is 11.5 Å². The highest BCUT2D eigenvalue weighted by Crippen LogP contribution is 2.30. The molecule has 2 N–H and O–H groups in total. The van der Waals surface area contributed by atoms with E-state index in [4.69, 9.17) is 9.47 Å². The zero-order valence-electron chi connectivity index (χ0n) is 15.3. The number of hydrogen-bond donors (Lipinski definition) is 2. The average Bonchev–Trinajstić information content (AvgIpc) is 3.20. The molecule has 4 nitrogen and oxygen atoms in total. The van der Waals surface area contributed by atoms with Gasteiger partial charge in [-0.2, -0.15) is 0 Å². The van der Waals surface area contributed by atoms with Crippen molar-refractivity contribution in [1.29, 1.82) is 0 Å². The Balaban J connectivity index is 1.44. The second-order valence-corrected chi connectivity index (χ2v) is 6.64. The Morgan fingerprint density at radius 3 is 2.74 bits per heavy atom. The molecule has 138 valence electrons. The first kappa shape index (κ1) is 17.4. The van der Waals surface area contributed by atoms with Crippen LogP contribution in [-0.4, -0.2) is 30.8 Å². The van der Waals surface area contributed by atoms with Gasteiger partial charge in [0.05, 0.1) is 0 Å². The van der Waals surface area contributed by atoms with Crippen LogP contribution in [-0.2, 0) is 0 Å². The molecule has 1 aromatic heterocycles. The molecule has 2 heterocycles. The number of ether oxygens (including phenoxy) is 2. The fraction of sp³-hybridized carbons (Fsp3) is 0.217. The van der Waals surface area contributed by atoms with E-state index in [9.17, 15) is 0 Å². The molecular formula is C23H24N2O2. The van der Waals surface area contributed by atoms with Crippen molar-refractivity contribution >= 4 is 16.5 Å². The number of nitrogens with one attached hydrogen (secondary N) is 2. The lowest BCUT2D eigenvalue weighted by Gasteiger charge is -2.25. The van der Waals surface area contributed by atoms with Crippen LogP contribution in [0.1, 0.15) is 12.0 Å². The molecule has 0 bridgehead atoms. The zero-order valence-corrected chi connectivity index (χ0v) is 15.3. The van der Waals surface area contributed by atoms with Crippen LogP contribution in [0, 0.1) is 0 Å². The Morgan fingerprint density at radius 1 is 1.04 bits per heavy atom. The smallest absolute Gasteiger partial charge is 0.161 e. The van der Waals surface area contributed by atoms with Gasteiger partial charge in [-0.05, 0) is 41.8 Å². The van der Waals surface area contributed by atoms with Crippen LogP contribution in [0.25, 0.3) is 16.5 Å². The molecule has 3 aromatic rings. The van der Waals surface area contributed by atoms with Crippen molar-refractivity contribution in [2.45, 2.75) is 12.5 Å². The number of hydrogen-bond acceptors (Lipinski definition) is 3. The van der Waals surface area contributed by atoms with Gasteiger partial charge in [-0.15, -0.1) is 0 Å². The van der Waals surface area contributed by atoms with Crippen molar-refractivity contribution in [3.05, 3.63) is 79.0 Å². The number of H-pyrrole nitrogens is 1. The van der Waals surface area contributed by atoms with Crippen molar-refractivity contribution in [2.24, 2.45) is 0 Å². The number of para-hydroxylation sites is 2. The van der Waals surface area contributed by atoms with E-state index in [0.717, 1.165) is 24.5 Å². The summed E-state index contributed by atoms with van der Waals surface area (Å²) >= 11 is 0. The summed E-state index contributed by atoms with van der Waals surface area (Å²) in [6.07, 6.45) is 6.94. The number of aromatic amines is 1. The summed E-state index contributed by atoms with van der Waals surface area (Å²) in [5.41, 5.74) is 3.84. The van der Waals surface area contributed by atoms with Crippen molar-refractivity contribution in [3.8, 4) is 11.5 Å². The minimum Gasteiger partial charge on any atom is -0.488 e. The van der Waals surface area contributed by atoms with E-state index in [1.165, 1.54) is 22.0 Å². The van der Waals surface area contributed by atoms with Crippen LogP contribution >= 0.6 is 0 Å². The first-order valence-corrected chi connectivity index (χ1v) is 9.29. The van der Waals surface area contributed by atoms with Crippen LogP contribution in [0.4, 0.5) is 0 Å². The van der Waals surface area contributed by atoms with Crippen molar-refractivity contribution in [2.75, 3.05) is 19.8 Å². The number of aromatic nitrogens is 1. The standard InChI is InChI=1S/C23H24N2O2/c1-2-14-26-22-8-3-4-9-23(22)27-16-18-15-17(10-12-24-18)19-6-5-7-21-20(19)11-13-25-21/h2-11,13,18,24-25H,1,12,14-16H2. The summed E-state index contributed by atoms with van der Waals surface area (Å²) in [6.45, 7) is 5.60. The van der Waals surface area contributed by atoms with Crippen LogP contribution in [0.15, 0.2) is 73.5 Å². The summed E-state index contributed by atoms with van der Waals surface area (Å²) < 4.78 is 11.8. The summed E-state index contributed by atoms with van der Waals surface area (Å²) in [4.78, 5) is 3.29. The minimum atomic E-state index is 0.256. The molecule has 0 fully saturated rings. The van der Waals surface area contributed by atoms with Crippen LogP contribution in [0.5, 0.6) is 11.5 Å². The van der Waals surface area contributed by atoms with E-state index in [0.29, 0.717) is 13.2 Å². The third kappa shape index (κ3) is 3.91. The van der Waals surface area contributed by atoms with E-state index in [2.05, 4.69) is 47.2 Å². The van der Waals surface area contributed by atoms with Gasteiger partial charge in [0, 0.05) is 29.7 Å². The molecule has 0 aliphatic carbocycles. The molecule has 0 saturated carbocycles.